The Labute approximate surface area is 131 Å². The molecule has 2 aromatic heterocycles. The minimum absolute atomic E-state index is 0.0219. The SMILES string of the molecule is CC(C)Oc1cccc(C(=O)NCc2ccc(C(=O)O)s2)n1. The van der Waals surface area contributed by atoms with E-state index in [1.54, 1.807) is 24.3 Å². The van der Waals surface area contributed by atoms with E-state index < -0.39 is 5.97 Å². The molecular weight excluding hydrogens is 304 g/mol. The summed E-state index contributed by atoms with van der Waals surface area (Å²) in [5.41, 5.74) is 0.258. The third-order valence-electron chi connectivity index (χ3n) is 2.61. The summed E-state index contributed by atoms with van der Waals surface area (Å²) >= 11 is 1.13. The second-order valence-electron chi connectivity index (χ2n) is 4.78. The number of hydrogen-bond acceptors (Lipinski definition) is 5. The number of ether oxygens (including phenoxy) is 1. The van der Waals surface area contributed by atoms with Gasteiger partial charge < -0.3 is 15.2 Å². The fourth-order valence-corrected chi connectivity index (χ4v) is 2.48. The van der Waals surface area contributed by atoms with Gasteiger partial charge in [-0.15, -0.1) is 11.3 Å². The van der Waals surface area contributed by atoms with Gasteiger partial charge in [-0.05, 0) is 32.0 Å². The largest absolute Gasteiger partial charge is 0.477 e. The van der Waals surface area contributed by atoms with E-state index in [0.717, 1.165) is 16.2 Å². The second-order valence-corrected chi connectivity index (χ2v) is 5.95. The van der Waals surface area contributed by atoms with E-state index in [-0.39, 0.29) is 29.1 Å². The van der Waals surface area contributed by atoms with Gasteiger partial charge in [-0.25, -0.2) is 9.78 Å². The third kappa shape index (κ3) is 4.29. The van der Waals surface area contributed by atoms with Gasteiger partial charge in [-0.3, -0.25) is 4.79 Å². The number of nitrogens with zero attached hydrogens (tertiary/aromatic N) is 1. The Hall–Kier alpha value is -2.41. The number of rotatable bonds is 6. The first kappa shape index (κ1) is 16.0. The minimum atomic E-state index is -0.970. The first-order valence-corrected chi connectivity index (χ1v) is 7.51. The lowest BCUT2D eigenvalue weighted by atomic mass is 10.3. The van der Waals surface area contributed by atoms with Crippen molar-refractivity contribution in [1.82, 2.24) is 10.3 Å². The summed E-state index contributed by atoms with van der Waals surface area (Å²) < 4.78 is 5.44. The number of carboxylic acid groups (broad SMARTS) is 1. The Morgan fingerprint density at radius 3 is 2.73 bits per heavy atom. The lowest BCUT2D eigenvalue weighted by Crippen LogP contribution is -2.23. The van der Waals surface area contributed by atoms with Crippen LogP contribution in [0.1, 0.15) is 38.9 Å². The van der Waals surface area contributed by atoms with E-state index >= 15 is 0 Å². The van der Waals surface area contributed by atoms with Crippen molar-refractivity contribution >= 4 is 23.2 Å². The Morgan fingerprint density at radius 2 is 2.09 bits per heavy atom. The van der Waals surface area contributed by atoms with E-state index in [4.69, 9.17) is 9.84 Å². The van der Waals surface area contributed by atoms with Crippen molar-refractivity contribution in [3.8, 4) is 5.88 Å². The van der Waals surface area contributed by atoms with Gasteiger partial charge in [-0.2, -0.15) is 0 Å². The standard InChI is InChI=1S/C15H16N2O4S/c1-9(2)21-13-5-3-4-11(17-13)14(18)16-8-10-6-7-12(22-10)15(19)20/h3-7,9H,8H2,1-2H3,(H,16,18)(H,19,20). The summed E-state index contributed by atoms with van der Waals surface area (Å²) in [5.74, 6) is -0.908. The zero-order valence-electron chi connectivity index (χ0n) is 12.2. The van der Waals surface area contributed by atoms with Crippen molar-refractivity contribution in [2.24, 2.45) is 0 Å². The zero-order chi connectivity index (χ0) is 16.1. The van der Waals surface area contributed by atoms with Crippen LogP contribution in [0.3, 0.4) is 0 Å². The van der Waals surface area contributed by atoms with Crippen LogP contribution in [0.25, 0.3) is 0 Å². The highest BCUT2D eigenvalue weighted by molar-refractivity contribution is 7.13. The van der Waals surface area contributed by atoms with Crippen LogP contribution in [-0.2, 0) is 6.54 Å². The number of pyridine rings is 1. The molecule has 0 aliphatic rings. The number of hydrogen-bond donors (Lipinski definition) is 2. The topological polar surface area (TPSA) is 88.5 Å². The molecular formula is C15H16N2O4S. The van der Waals surface area contributed by atoms with Crippen molar-refractivity contribution in [2.75, 3.05) is 0 Å². The Bertz CT molecular complexity index is 682. The number of carboxylic acids is 1. The number of thiophene rings is 1. The number of aromatic nitrogens is 1. The molecule has 2 N–H and O–H groups in total. The molecule has 0 fully saturated rings. The smallest absolute Gasteiger partial charge is 0.345 e. The molecule has 2 heterocycles. The number of amides is 1. The minimum Gasteiger partial charge on any atom is -0.477 e. The molecule has 0 atom stereocenters. The van der Waals surface area contributed by atoms with Crippen LogP contribution in [0.15, 0.2) is 30.3 Å². The fraction of sp³-hybridized carbons (Fsp3) is 0.267. The van der Waals surface area contributed by atoms with Gasteiger partial charge >= 0.3 is 5.97 Å². The molecule has 2 aromatic rings. The van der Waals surface area contributed by atoms with E-state index in [1.165, 1.54) is 6.07 Å². The average molecular weight is 320 g/mol. The molecule has 0 unspecified atom stereocenters. The molecule has 0 spiro atoms. The summed E-state index contributed by atoms with van der Waals surface area (Å²) in [6.45, 7) is 4.02. The lowest BCUT2D eigenvalue weighted by Gasteiger charge is -2.09. The molecule has 1 amide bonds. The van der Waals surface area contributed by atoms with Gasteiger partial charge in [-0.1, -0.05) is 6.07 Å². The van der Waals surface area contributed by atoms with Crippen molar-refractivity contribution in [1.29, 1.82) is 0 Å². The van der Waals surface area contributed by atoms with Crippen LogP contribution in [0.5, 0.6) is 5.88 Å². The molecule has 6 nitrogen and oxygen atoms in total. The van der Waals surface area contributed by atoms with Crippen molar-refractivity contribution in [3.05, 3.63) is 45.8 Å². The normalized spacial score (nSPS) is 10.5. The summed E-state index contributed by atoms with van der Waals surface area (Å²) in [5, 5.41) is 11.6. The Morgan fingerprint density at radius 1 is 1.32 bits per heavy atom. The van der Waals surface area contributed by atoms with Crippen LogP contribution in [0.2, 0.25) is 0 Å². The predicted molar refractivity (Wildman–Crippen MR) is 82.4 cm³/mol. The summed E-state index contributed by atoms with van der Waals surface area (Å²) in [6, 6.07) is 8.19. The average Bonchev–Trinajstić information content (AvgIpc) is 2.93. The highest BCUT2D eigenvalue weighted by Crippen LogP contribution is 2.16. The zero-order valence-corrected chi connectivity index (χ0v) is 13.0. The molecule has 0 saturated heterocycles. The molecule has 22 heavy (non-hydrogen) atoms. The molecule has 116 valence electrons. The lowest BCUT2D eigenvalue weighted by molar-refractivity contribution is 0.0702. The molecule has 7 heteroatoms. The summed E-state index contributed by atoms with van der Waals surface area (Å²) in [7, 11) is 0. The Kier molecular flexibility index (Phi) is 5.11. The molecule has 0 aliphatic carbocycles. The monoisotopic (exact) mass is 320 g/mol. The van der Waals surface area contributed by atoms with Gasteiger partial charge in [0, 0.05) is 10.9 Å². The number of carbonyl (C=O) groups is 2. The van der Waals surface area contributed by atoms with E-state index in [9.17, 15) is 9.59 Å². The summed E-state index contributed by atoms with van der Waals surface area (Å²) in [4.78, 5) is 28.0. The van der Waals surface area contributed by atoms with Crippen LogP contribution >= 0.6 is 11.3 Å². The third-order valence-corrected chi connectivity index (χ3v) is 3.68. The van der Waals surface area contributed by atoms with Gasteiger partial charge in [0.15, 0.2) is 0 Å². The van der Waals surface area contributed by atoms with E-state index in [0.29, 0.717) is 5.88 Å². The van der Waals surface area contributed by atoms with Gasteiger partial charge in [0.05, 0.1) is 12.6 Å². The first-order chi connectivity index (χ1) is 10.5. The van der Waals surface area contributed by atoms with Crippen LogP contribution in [0, 0.1) is 0 Å². The fourth-order valence-electron chi connectivity index (χ4n) is 1.69. The molecule has 2 rings (SSSR count). The maximum atomic E-state index is 12.1. The summed E-state index contributed by atoms with van der Waals surface area (Å²) in [6.07, 6.45) is -0.0219. The number of carbonyl (C=O) groups excluding carboxylic acids is 1. The first-order valence-electron chi connectivity index (χ1n) is 6.69. The maximum absolute atomic E-state index is 12.1. The van der Waals surface area contributed by atoms with Gasteiger partial charge in [0.2, 0.25) is 5.88 Å². The quantitative estimate of drug-likeness (QED) is 0.854. The highest BCUT2D eigenvalue weighted by atomic mass is 32.1. The molecule has 0 radical (unpaired) electrons. The predicted octanol–water partition coefficient (Wildman–Crippen LogP) is 2.56. The van der Waals surface area contributed by atoms with E-state index in [2.05, 4.69) is 10.3 Å². The molecule has 0 bridgehead atoms. The van der Waals surface area contributed by atoms with Gasteiger partial charge in [0.1, 0.15) is 10.6 Å². The van der Waals surface area contributed by atoms with Crippen molar-refractivity contribution < 1.29 is 19.4 Å². The number of aromatic carboxylic acids is 1. The second kappa shape index (κ2) is 7.04. The van der Waals surface area contributed by atoms with E-state index in [1.807, 2.05) is 13.8 Å². The van der Waals surface area contributed by atoms with Gasteiger partial charge in [0.25, 0.3) is 5.91 Å². The van der Waals surface area contributed by atoms with Crippen molar-refractivity contribution in [3.63, 3.8) is 0 Å². The Balaban J connectivity index is 1.98. The molecule has 0 aliphatic heterocycles. The van der Waals surface area contributed by atoms with Crippen LogP contribution in [-0.4, -0.2) is 28.1 Å². The maximum Gasteiger partial charge on any atom is 0.345 e. The molecule has 0 saturated carbocycles. The van der Waals surface area contributed by atoms with Crippen molar-refractivity contribution in [2.45, 2.75) is 26.5 Å². The van der Waals surface area contributed by atoms with Crippen LogP contribution in [0.4, 0.5) is 0 Å². The van der Waals surface area contributed by atoms with Crippen LogP contribution < -0.4 is 10.1 Å². The molecule has 0 aromatic carbocycles. The highest BCUT2D eigenvalue weighted by Gasteiger charge is 2.11. The number of nitrogens with one attached hydrogen (secondary N) is 1.